The van der Waals surface area contributed by atoms with Crippen molar-refractivity contribution in [2.45, 2.75) is 12.8 Å². The first-order valence-electron chi connectivity index (χ1n) is 8.72. The second-order valence-corrected chi connectivity index (χ2v) is 6.50. The molecule has 4 rings (SSSR count). The fourth-order valence-corrected chi connectivity index (χ4v) is 3.28. The van der Waals surface area contributed by atoms with E-state index in [9.17, 15) is 9.59 Å². The molecule has 1 aliphatic heterocycles. The van der Waals surface area contributed by atoms with Crippen LogP contribution in [0.4, 0.5) is 0 Å². The molecule has 0 saturated heterocycles. The van der Waals surface area contributed by atoms with Gasteiger partial charge < -0.3 is 14.5 Å². The molecule has 5 nitrogen and oxygen atoms in total. The first-order valence-corrected chi connectivity index (χ1v) is 8.72. The van der Waals surface area contributed by atoms with Crippen LogP contribution in [0.25, 0.3) is 11.0 Å². The Balaban J connectivity index is 1.47. The summed E-state index contributed by atoms with van der Waals surface area (Å²) in [7, 11) is 0. The van der Waals surface area contributed by atoms with Gasteiger partial charge in [0.1, 0.15) is 11.3 Å². The molecule has 2 heterocycles. The van der Waals surface area contributed by atoms with Crippen molar-refractivity contribution in [2.75, 3.05) is 13.2 Å². The minimum Gasteiger partial charge on any atom is -0.493 e. The number of rotatable bonds is 3. The Kier molecular flexibility index (Phi) is 4.44. The maximum Gasteiger partial charge on any atom is 0.287 e. The second kappa shape index (κ2) is 7.04. The highest BCUT2D eigenvalue weighted by Gasteiger charge is 2.19. The summed E-state index contributed by atoms with van der Waals surface area (Å²) >= 11 is 0. The molecule has 1 aliphatic rings. The van der Waals surface area contributed by atoms with Crippen molar-refractivity contribution in [1.29, 1.82) is 0 Å². The Morgan fingerprint density at radius 3 is 2.85 bits per heavy atom. The van der Waals surface area contributed by atoms with Gasteiger partial charge in [-0.1, -0.05) is 30.3 Å². The molecule has 2 aromatic carbocycles. The van der Waals surface area contributed by atoms with E-state index in [0.29, 0.717) is 24.1 Å². The Morgan fingerprint density at radius 2 is 1.92 bits per heavy atom. The van der Waals surface area contributed by atoms with Gasteiger partial charge in [0.15, 0.2) is 11.2 Å². The highest BCUT2D eigenvalue weighted by molar-refractivity contribution is 5.93. The van der Waals surface area contributed by atoms with Gasteiger partial charge in [-0.25, -0.2) is 0 Å². The zero-order valence-corrected chi connectivity index (χ0v) is 14.2. The van der Waals surface area contributed by atoms with Gasteiger partial charge in [0.25, 0.3) is 5.91 Å². The Hall–Kier alpha value is -3.08. The van der Waals surface area contributed by atoms with E-state index in [2.05, 4.69) is 11.4 Å². The molecular weight excluding hydrogens is 330 g/mol. The normalized spacial score (nSPS) is 16.4. The summed E-state index contributed by atoms with van der Waals surface area (Å²) in [6.07, 6.45) is 1.70. The van der Waals surface area contributed by atoms with Crippen molar-refractivity contribution in [3.63, 3.8) is 0 Å². The average Bonchev–Trinajstić information content (AvgIpc) is 2.88. The van der Waals surface area contributed by atoms with Crippen LogP contribution in [0.5, 0.6) is 5.75 Å². The number of carbonyl (C=O) groups is 1. The van der Waals surface area contributed by atoms with E-state index in [-0.39, 0.29) is 23.0 Å². The van der Waals surface area contributed by atoms with E-state index in [1.54, 1.807) is 24.3 Å². The van der Waals surface area contributed by atoms with Gasteiger partial charge in [0, 0.05) is 12.6 Å². The number of carbonyl (C=O) groups excluding carboxylic acids is 1. The lowest BCUT2D eigenvalue weighted by Gasteiger charge is -2.14. The molecule has 26 heavy (non-hydrogen) atoms. The standard InChI is InChI=1S/C21H19NO4/c23-17-12-20(26-19-8-4-2-6-16(17)19)21(24)22-13-14-9-10-25-18-7-3-1-5-15(18)11-14/h1-8,12,14H,9-11,13H2,(H,22,24). The predicted octanol–water partition coefficient (Wildman–Crippen LogP) is 3.16. The Labute approximate surface area is 150 Å². The minimum atomic E-state index is -0.369. The van der Waals surface area contributed by atoms with Crippen LogP contribution in [0.15, 0.2) is 63.8 Å². The third kappa shape index (κ3) is 3.33. The van der Waals surface area contributed by atoms with Crippen LogP contribution in [0.3, 0.4) is 0 Å². The lowest BCUT2D eigenvalue weighted by atomic mass is 9.97. The predicted molar refractivity (Wildman–Crippen MR) is 98.6 cm³/mol. The van der Waals surface area contributed by atoms with Gasteiger partial charge in [-0.3, -0.25) is 9.59 Å². The summed E-state index contributed by atoms with van der Waals surface area (Å²) in [5, 5.41) is 3.37. The lowest BCUT2D eigenvalue weighted by molar-refractivity contribution is 0.0918. The molecule has 1 N–H and O–H groups in total. The summed E-state index contributed by atoms with van der Waals surface area (Å²) in [6.45, 7) is 1.13. The van der Waals surface area contributed by atoms with Crippen LogP contribution in [-0.2, 0) is 6.42 Å². The van der Waals surface area contributed by atoms with E-state index in [0.717, 1.165) is 24.2 Å². The summed E-state index contributed by atoms with van der Waals surface area (Å²) in [4.78, 5) is 24.6. The van der Waals surface area contributed by atoms with Crippen LogP contribution >= 0.6 is 0 Å². The zero-order valence-electron chi connectivity index (χ0n) is 14.2. The van der Waals surface area contributed by atoms with Crippen molar-refractivity contribution in [1.82, 2.24) is 5.32 Å². The van der Waals surface area contributed by atoms with Crippen molar-refractivity contribution < 1.29 is 13.9 Å². The monoisotopic (exact) mass is 349 g/mol. The first kappa shape index (κ1) is 16.4. The molecule has 1 amide bonds. The number of hydrogen-bond acceptors (Lipinski definition) is 4. The molecule has 5 heteroatoms. The molecule has 132 valence electrons. The number of fused-ring (bicyclic) bond motifs is 2. The van der Waals surface area contributed by atoms with Crippen LogP contribution in [0, 0.1) is 5.92 Å². The third-order valence-corrected chi connectivity index (χ3v) is 4.67. The second-order valence-electron chi connectivity index (χ2n) is 6.50. The van der Waals surface area contributed by atoms with Gasteiger partial charge in [0.2, 0.25) is 0 Å². The number of para-hydroxylation sites is 2. The topological polar surface area (TPSA) is 68.5 Å². The lowest BCUT2D eigenvalue weighted by Crippen LogP contribution is -2.31. The summed E-state index contributed by atoms with van der Waals surface area (Å²) in [5.41, 5.74) is 1.36. The van der Waals surface area contributed by atoms with Crippen LogP contribution in [0.1, 0.15) is 22.5 Å². The largest absolute Gasteiger partial charge is 0.493 e. The maximum atomic E-state index is 12.4. The van der Waals surface area contributed by atoms with E-state index in [1.165, 1.54) is 6.07 Å². The summed E-state index contributed by atoms with van der Waals surface area (Å²) < 4.78 is 11.4. The fraction of sp³-hybridized carbons (Fsp3) is 0.238. The molecule has 0 saturated carbocycles. The van der Waals surface area contributed by atoms with E-state index in [4.69, 9.17) is 9.15 Å². The molecule has 1 unspecified atom stereocenters. The minimum absolute atomic E-state index is 0.0407. The van der Waals surface area contributed by atoms with Crippen molar-refractivity contribution in [3.05, 3.63) is 76.1 Å². The highest BCUT2D eigenvalue weighted by atomic mass is 16.5. The van der Waals surface area contributed by atoms with Crippen LogP contribution in [-0.4, -0.2) is 19.1 Å². The molecule has 0 radical (unpaired) electrons. The Morgan fingerprint density at radius 1 is 1.12 bits per heavy atom. The number of amides is 1. The maximum absolute atomic E-state index is 12.4. The zero-order chi connectivity index (χ0) is 17.9. The Bertz CT molecular complexity index is 1010. The van der Waals surface area contributed by atoms with Gasteiger partial charge in [-0.05, 0) is 42.5 Å². The molecule has 0 spiro atoms. The molecular formula is C21H19NO4. The smallest absolute Gasteiger partial charge is 0.287 e. The molecule has 0 bridgehead atoms. The molecule has 1 aromatic heterocycles. The van der Waals surface area contributed by atoms with Crippen molar-refractivity contribution in [2.24, 2.45) is 5.92 Å². The van der Waals surface area contributed by atoms with Crippen molar-refractivity contribution >= 4 is 16.9 Å². The van der Waals surface area contributed by atoms with Gasteiger partial charge in [0.05, 0.1) is 12.0 Å². The summed E-state index contributed by atoms with van der Waals surface area (Å²) in [6, 6.07) is 16.1. The van der Waals surface area contributed by atoms with Crippen LogP contribution < -0.4 is 15.5 Å². The summed E-state index contributed by atoms with van der Waals surface area (Å²) in [5.74, 6) is 0.863. The van der Waals surface area contributed by atoms with E-state index >= 15 is 0 Å². The van der Waals surface area contributed by atoms with Crippen LogP contribution in [0.2, 0.25) is 0 Å². The van der Waals surface area contributed by atoms with E-state index < -0.39 is 0 Å². The quantitative estimate of drug-likeness (QED) is 0.789. The molecule has 1 atom stereocenters. The van der Waals surface area contributed by atoms with Crippen molar-refractivity contribution in [3.8, 4) is 5.75 Å². The molecule has 0 fully saturated rings. The SMILES string of the molecule is O=C(NCC1CCOc2ccccc2C1)c1cc(=O)c2ccccc2o1. The molecule has 0 aliphatic carbocycles. The third-order valence-electron chi connectivity index (χ3n) is 4.67. The van der Waals surface area contributed by atoms with Gasteiger partial charge in [-0.2, -0.15) is 0 Å². The van der Waals surface area contributed by atoms with E-state index in [1.807, 2.05) is 18.2 Å². The molecule has 3 aromatic rings. The van der Waals surface area contributed by atoms with Gasteiger partial charge in [-0.15, -0.1) is 0 Å². The first-order chi connectivity index (χ1) is 12.7. The number of benzene rings is 2. The average molecular weight is 349 g/mol. The number of nitrogens with one attached hydrogen (secondary N) is 1. The fourth-order valence-electron chi connectivity index (χ4n) is 3.28. The van der Waals surface area contributed by atoms with Gasteiger partial charge >= 0.3 is 0 Å². The number of ether oxygens (including phenoxy) is 1. The number of hydrogen-bond donors (Lipinski definition) is 1. The highest BCUT2D eigenvalue weighted by Crippen LogP contribution is 2.26.